The maximum absolute atomic E-state index is 13.5. The number of nitrogens with one attached hydrogen (secondary N) is 1. The molecule has 0 atom stereocenters. The van der Waals surface area contributed by atoms with Gasteiger partial charge in [-0.05, 0) is 48.0 Å². The molecule has 2 amide bonds. The molecule has 0 saturated heterocycles. The van der Waals surface area contributed by atoms with Crippen LogP contribution in [0.4, 0.5) is 11.4 Å². The molecule has 4 rings (SSSR count). The van der Waals surface area contributed by atoms with Crippen molar-refractivity contribution in [2.45, 2.75) is 0 Å². The van der Waals surface area contributed by atoms with Crippen molar-refractivity contribution in [2.24, 2.45) is 0 Å². The van der Waals surface area contributed by atoms with Crippen molar-refractivity contribution < 1.29 is 19.1 Å². The van der Waals surface area contributed by atoms with Crippen LogP contribution in [0.3, 0.4) is 0 Å². The van der Waals surface area contributed by atoms with Crippen LogP contribution >= 0.6 is 23.2 Å². The number of methoxy groups -OCH3 is 2. The van der Waals surface area contributed by atoms with Crippen molar-refractivity contribution in [3.8, 4) is 11.5 Å². The van der Waals surface area contributed by atoms with Gasteiger partial charge in [-0.2, -0.15) is 0 Å². The van der Waals surface area contributed by atoms with E-state index in [1.54, 1.807) is 73.8 Å². The lowest BCUT2D eigenvalue weighted by Gasteiger charge is -2.16. The van der Waals surface area contributed by atoms with Gasteiger partial charge in [-0.15, -0.1) is 0 Å². The molecule has 0 fully saturated rings. The summed E-state index contributed by atoms with van der Waals surface area (Å²) in [7, 11) is 3.05. The van der Waals surface area contributed by atoms with Crippen LogP contribution in [0.25, 0.3) is 5.57 Å². The molecule has 8 heteroatoms. The second-order valence-corrected chi connectivity index (χ2v) is 7.75. The number of carbonyl (C=O) groups excluding carboxylic acids is 2. The summed E-state index contributed by atoms with van der Waals surface area (Å²) in [6.07, 6.45) is 0. The fourth-order valence-corrected chi connectivity index (χ4v) is 3.73. The Hall–Kier alpha value is -3.48. The molecule has 6 nitrogen and oxygen atoms in total. The molecular formula is C24H18Cl2N2O4. The average molecular weight is 469 g/mol. The monoisotopic (exact) mass is 468 g/mol. The minimum atomic E-state index is -0.514. The average Bonchev–Trinajstić information content (AvgIpc) is 3.04. The zero-order valence-corrected chi connectivity index (χ0v) is 18.7. The normalized spacial score (nSPS) is 13.6. The van der Waals surface area contributed by atoms with E-state index in [0.29, 0.717) is 38.5 Å². The van der Waals surface area contributed by atoms with Crippen molar-refractivity contribution in [3.63, 3.8) is 0 Å². The Balaban J connectivity index is 1.84. The minimum Gasteiger partial charge on any atom is -0.497 e. The number of imide groups is 1. The van der Waals surface area contributed by atoms with Crippen molar-refractivity contribution in [1.29, 1.82) is 0 Å². The van der Waals surface area contributed by atoms with Crippen molar-refractivity contribution in [2.75, 3.05) is 24.4 Å². The highest BCUT2D eigenvalue weighted by atomic mass is 35.5. The third-order valence-electron chi connectivity index (χ3n) is 4.95. The first-order valence-electron chi connectivity index (χ1n) is 9.56. The molecule has 1 aliphatic heterocycles. The topological polar surface area (TPSA) is 67.9 Å². The number of halogens is 2. The summed E-state index contributed by atoms with van der Waals surface area (Å²) in [6.45, 7) is 0. The van der Waals surface area contributed by atoms with E-state index >= 15 is 0 Å². The van der Waals surface area contributed by atoms with Crippen LogP contribution in [0.1, 0.15) is 5.56 Å². The minimum absolute atomic E-state index is 0.112. The van der Waals surface area contributed by atoms with Gasteiger partial charge in [0.15, 0.2) is 0 Å². The molecule has 0 unspecified atom stereocenters. The quantitative estimate of drug-likeness (QED) is 0.490. The standard InChI is InChI=1S/C24H18Cl2N2O4/c1-31-18-10-11-19(20(13-18)32-2)27-22-21(14-6-8-15(25)9-7-14)23(29)28(24(22)30)17-5-3-4-16(26)12-17/h3-13,27H,1-2H3. The molecule has 1 heterocycles. The summed E-state index contributed by atoms with van der Waals surface area (Å²) in [5.74, 6) is 0.0529. The van der Waals surface area contributed by atoms with Gasteiger partial charge < -0.3 is 14.8 Å². The second kappa shape index (κ2) is 8.94. The molecule has 32 heavy (non-hydrogen) atoms. The smallest absolute Gasteiger partial charge is 0.282 e. The van der Waals surface area contributed by atoms with Crippen LogP contribution in [-0.2, 0) is 9.59 Å². The Morgan fingerprint density at radius 1 is 0.812 bits per heavy atom. The number of hydrogen-bond donors (Lipinski definition) is 1. The molecule has 1 N–H and O–H groups in total. The van der Waals surface area contributed by atoms with Crippen LogP contribution < -0.4 is 19.7 Å². The fourth-order valence-electron chi connectivity index (χ4n) is 3.42. The fraction of sp³-hybridized carbons (Fsp3) is 0.0833. The Morgan fingerprint density at radius 2 is 1.56 bits per heavy atom. The molecule has 3 aromatic carbocycles. The van der Waals surface area contributed by atoms with Crippen molar-refractivity contribution in [3.05, 3.63) is 88.0 Å². The summed E-state index contributed by atoms with van der Waals surface area (Å²) in [5.41, 5.74) is 1.75. The number of hydrogen-bond acceptors (Lipinski definition) is 5. The lowest BCUT2D eigenvalue weighted by Crippen LogP contribution is -2.32. The molecule has 1 aliphatic rings. The highest BCUT2D eigenvalue weighted by molar-refractivity contribution is 6.46. The van der Waals surface area contributed by atoms with E-state index in [1.165, 1.54) is 7.11 Å². The summed E-state index contributed by atoms with van der Waals surface area (Å²) in [5, 5.41) is 4.02. The van der Waals surface area contributed by atoms with E-state index in [-0.39, 0.29) is 11.3 Å². The Labute approximate surface area is 195 Å². The van der Waals surface area contributed by atoms with Crippen molar-refractivity contribution in [1.82, 2.24) is 0 Å². The third kappa shape index (κ3) is 4.02. The van der Waals surface area contributed by atoms with Gasteiger partial charge in [0.25, 0.3) is 11.8 Å². The highest BCUT2D eigenvalue weighted by Gasteiger charge is 2.40. The summed E-state index contributed by atoms with van der Waals surface area (Å²) >= 11 is 12.1. The molecule has 162 valence electrons. The number of anilines is 2. The number of benzene rings is 3. The zero-order valence-electron chi connectivity index (χ0n) is 17.2. The molecular weight excluding hydrogens is 451 g/mol. The number of nitrogens with zero attached hydrogens (tertiary/aromatic N) is 1. The van der Waals surface area contributed by atoms with Gasteiger partial charge in [-0.1, -0.05) is 41.4 Å². The maximum Gasteiger partial charge on any atom is 0.282 e. The number of ether oxygens (including phenoxy) is 2. The number of rotatable bonds is 6. The van der Waals surface area contributed by atoms with Gasteiger partial charge in [0.05, 0.1) is 31.2 Å². The first-order valence-corrected chi connectivity index (χ1v) is 10.3. The Morgan fingerprint density at radius 3 is 2.22 bits per heavy atom. The van der Waals surface area contributed by atoms with E-state index in [9.17, 15) is 9.59 Å². The number of carbonyl (C=O) groups is 2. The summed E-state index contributed by atoms with van der Waals surface area (Å²) in [6, 6.07) is 18.4. The number of amides is 2. The predicted octanol–water partition coefficient (Wildman–Crippen LogP) is 5.41. The molecule has 0 aromatic heterocycles. The van der Waals surface area contributed by atoms with Crippen LogP contribution in [0.2, 0.25) is 10.0 Å². The van der Waals surface area contributed by atoms with Crippen LogP contribution in [-0.4, -0.2) is 26.0 Å². The zero-order chi connectivity index (χ0) is 22.8. The van der Waals surface area contributed by atoms with Crippen LogP contribution in [0.5, 0.6) is 11.5 Å². The van der Waals surface area contributed by atoms with Gasteiger partial charge in [0.1, 0.15) is 17.2 Å². The maximum atomic E-state index is 13.5. The van der Waals surface area contributed by atoms with Gasteiger partial charge in [0, 0.05) is 16.1 Å². The SMILES string of the molecule is COc1ccc(NC2=C(c3ccc(Cl)cc3)C(=O)N(c3cccc(Cl)c3)C2=O)c(OC)c1. The second-order valence-electron chi connectivity index (χ2n) is 6.87. The lowest BCUT2D eigenvalue weighted by molar-refractivity contribution is -0.120. The first kappa shape index (κ1) is 21.7. The van der Waals surface area contributed by atoms with E-state index in [1.807, 2.05) is 0 Å². The molecule has 0 aliphatic carbocycles. The highest BCUT2D eigenvalue weighted by Crippen LogP contribution is 2.37. The Kier molecular flexibility index (Phi) is 6.08. The molecule has 0 spiro atoms. The summed E-state index contributed by atoms with van der Waals surface area (Å²) in [4.78, 5) is 28.0. The van der Waals surface area contributed by atoms with E-state index in [4.69, 9.17) is 32.7 Å². The Bertz CT molecular complexity index is 1240. The molecule has 3 aromatic rings. The van der Waals surface area contributed by atoms with E-state index in [0.717, 1.165) is 4.90 Å². The third-order valence-corrected chi connectivity index (χ3v) is 5.44. The van der Waals surface area contributed by atoms with Gasteiger partial charge in [-0.25, -0.2) is 4.90 Å². The summed E-state index contributed by atoms with van der Waals surface area (Å²) < 4.78 is 10.7. The first-order chi connectivity index (χ1) is 15.4. The van der Waals surface area contributed by atoms with Crippen molar-refractivity contribution >= 4 is 52.0 Å². The van der Waals surface area contributed by atoms with E-state index in [2.05, 4.69) is 5.32 Å². The van der Waals surface area contributed by atoms with Gasteiger partial charge in [0.2, 0.25) is 0 Å². The van der Waals surface area contributed by atoms with Crippen LogP contribution in [0.15, 0.2) is 72.4 Å². The lowest BCUT2D eigenvalue weighted by atomic mass is 10.0. The van der Waals surface area contributed by atoms with Gasteiger partial charge >= 0.3 is 0 Å². The van der Waals surface area contributed by atoms with Gasteiger partial charge in [-0.3, -0.25) is 9.59 Å². The molecule has 0 saturated carbocycles. The molecule has 0 bridgehead atoms. The van der Waals surface area contributed by atoms with Crippen LogP contribution in [0, 0.1) is 0 Å². The van der Waals surface area contributed by atoms with E-state index < -0.39 is 11.8 Å². The largest absolute Gasteiger partial charge is 0.497 e. The molecule has 0 radical (unpaired) electrons. The predicted molar refractivity (Wildman–Crippen MR) is 125 cm³/mol.